The molecule has 1 aromatic carbocycles. The Labute approximate surface area is 132 Å². The van der Waals surface area contributed by atoms with Gasteiger partial charge in [0.25, 0.3) is 0 Å². The van der Waals surface area contributed by atoms with E-state index in [0.29, 0.717) is 13.2 Å². The second-order valence-electron chi connectivity index (χ2n) is 5.72. The van der Waals surface area contributed by atoms with Crippen LogP contribution in [0.1, 0.15) is 32.8 Å². The summed E-state index contributed by atoms with van der Waals surface area (Å²) in [6.45, 7) is 6.96. The molecule has 1 N–H and O–H groups in total. The van der Waals surface area contributed by atoms with Crippen LogP contribution in [-0.2, 0) is 25.4 Å². The molecule has 0 aliphatic carbocycles. The normalized spacial score (nSPS) is 11.4. The molecule has 0 saturated carbocycles. The van der Waals surface area contributed by atoms with Crippen LogP contribution in [0, 0.1) is 5.41 Å². The van der Waals surface area contributed by atoms with Crippen molar-refractivity contribution in [3.63, 3.8) is 0 Å². The number of hydrogen-bond donors (Lipinski definition) is 1. The summed E-state index contributed by atoms with van der Waals surface area (Å²) in [5, 5.41) is 9.17. The van der Waals surface area contributed by atoms with E-state index in [1.165, 1.54) is 0 Å². The lowest BCUT2D eigenvalue weighted by Gasteiger charge is -2.20. The third-order valence-electron chi connectivity index (χ3n) is 3.54. The third kappa shape index (κ3) is 6.91. The van der Waals surface area contributed by atoms with Crippen LogP contribution < -0.4 is 0 Å². The summed E-state index contributed by atoms with van der Waals surface area (Å²) in [5.41, 5.74) is 0.647. The van der Waals surface area contributed by atoms with Crippen molar-refractivity contribution in [2.24, 2.45) is 5.41 Å². The van der Waals surface area contributed by atoms with Crippen LogP contribution in [0.25, 0.3) is 0 Å². The third-order valence-corrected chi connectivity index (χ3v) is 3.54. The SMILES string of the molecule is CCC(C)(C)C(=O)OCCOCOCCc1ccc(O)cc1. The lowest BCUT2D eigenvalue weighted by molar-refractivity contribution is -0.157. The molecule has 0 bridgehead atoms. The molecule has 0 fully saturated rings. The fraction of sp³-hybridized carbons (Fsp3) is 0.588. The average Bonchev–Trinajstić information content (AvgIpc) is 2.51. The largest absolute Gasteiger partial charge is 0.508 e. The molecule has 0 spiro atoms. The number of carbonyl (C=O) groups excluding carboxylic acids is 1. The van der Waals surface area contributed by atoms with Crippen LogP contribution in [0.15, 0.2) is 24.3 Å². The highest BCUT2D eigenvalue weighted by molar-refractivity contribution is 5.75. The van der Waals surface area contributed by atoms with Gasteiger partial charge in [-0.25, -0.2) is 0 Å². The number of benzene rings is 1. The number of ether oxygens (including phenoxy) is 3. The molecule has 0 radical (unpaired) electrons. The number of aromatic hydroxyl groups is 1. The summed E-state index contributed by atoms with van der Waals surface area (Å²) in [6.07, 6.45) is 1.50. The van der Waals surface area contributed by atoms with E-state index in [1.54, 1.807) is 12.1 Å². The zero-order valence-electron chi connectivity index (χ0n) is 13.6. The topological polar surface area (TPSA) is 65.0 Å². The molecule has 0 saturated heterocycles. The van der Waals surface area contributed by atoms with E-state index >= 15 is 0 Å². The van der Waals surface area contributed by atoms with Gasteiger partial charge < -0.3 is 19.3 Å². The molecule has 5 nitrogen and oxygen atoms in total. The van der Waals surface area contributed by atoms with E-state index in [9.17, 15) is 4.79 Å². The zero-order valence-corrected chi connectivity index (χ0v) is 13.6. The second-order valence-corrected chi connectivity index (χ2v) is 5.72. The van der Waals surface area contributed by atoms with Crippen molar-refractivity contribution >= 4 is 5.97 Å². The summed E-state index contributed by atoms with van der Waals surface area (Å²) in [5.74, 6) is 0.0562. The Morgan fingerprint density at radius 2 is 1.73 bits per heavy atom. The molecule has 0 unspecified atom stereocenters. The minimum absolute atomic E-state index is 0.173. The maximum absolute atomic E-state index is 11.7. The van der Waals surface area contributed by atoms with Gasteiger partial charge in [-0.05, 0) is 44.4 Å². The Bertz CT molecular complexity index is 439. The van der Waals surface area contributed by atoms with Crippen molar-refractivity contribution < 1.29 is 24.1 Å². The van der Waals surface area contributed by atoms with Crippen molar-refractivity contribution in [3.8, 4) is 5.75 Å². The van der Waals surface area contributed by atoms with Crippen molar-refractivity contribution in [1.29, 1.82) is 0 Å². The first-order valence-corrected chi connectivity index (χ1v) is 7.56. The monoisotopic (exact) mass is 310 g/mol. The fourth-order valence-electron chi connectivity index (χ4n) is 1.56. The lowest BCUT2D eigenvalue weighted by atomic mass is 9.91. The molecule has 0 aromatic heterocycles. The molecule has 5 heteroatoms. The molecular weight excluding hydrogens is 284 g/mol. The number of carbonyl (C=O) groups is 1. The second kappa shape index (κ2) is 9.43. The van der Waals surface area contributed by atoms with Crippen molar-refractivity contribution in [2.75, 3.05) is 26.6 Å². The van der Waals surface area contributed by atoms with Gasteiger partial charge in [-0.1, -0.05) is 19.1 Å². The molecule has 0 amide bonds. The highest BCUT2D eigenvalue weighted by atomic mass is 16.7. The fourth-order valence-corrected chi connectivity index (χ4v) is 1.56. The zero-order chi connectivity index (χ0) is 16.4. The average molecular weight is 310 g/mol. The van der Waals surface area contributed by atoms with E-state index in [1.807, 2.05) is 32.9 Å². The van der Waals surface area contributed by atoms with Crippen LogP contribution in [0.5, 0.6) is 5.75 Å². The Kier molecular flexibility index (Phi) is 7.91. The van der Waals surface area contributed by atoms with Crippen LogP contribution in [0.2, 0.25) is 0 Å². The number of phenols is 1. The summed E-state index contributed by atoms with van der Waals surface area (Å²) >= 11 is 0. The van der Waals surface area contributed by atoms with Crippen LogP contribution in [0.3, 0.4) is 0 Å². The molecule has 0 aliphatic heterocycles. The van der Waals surface area contributed by atoms with Gasteiger partial charge in [-0.2, -0.15) is 0 Å². The minimum atomic E-state index is -0.444. The number of esters is 1. The molecule has 22 heavy (non-hydrogen) atoms. The van der Waals surface area contributed by atoms with Crippen LogP contribution >= 0.6 is 0 Å². The van der Waals surface area contributed by atoms with Crippen LogP contribution in [-0.4, -0.2) is 37.7 Å². The van der Waals surface area contributed by atoms with Gasteiger partial charge in [0, 0.05) is 0 Å². The standard InChI is InChI=1S/C17H26O5/c1-4-17(2,3)16(19)22-12-11-21-13-20-10-9-14-5-7-15(18)8-6-14/h5-8,18H,4,9-13H2,1-3H3. The van der Waals surface area contributed by atoms with Gasteiger partial charge >= 0.3 is 5.97 Å². The summed E-state index contributed by atoms with van der Waals surface area (Å²) < 4.78 is 15.7. The van der Waals surface area contributed by atoms with Gasteiger partial charge in [-0.3, -0.25) is 4.79 Å². The minimum Gasteiger partial charge on any atom is -0.508 e. The van der Waals surface area contributed by atoms with Gasteiger partial charge in [0.1, 0.15) is 19.1 Å². The molecule has 1 rings (SSSR count). The predicted octanol–water partition coefficient (Wildman–Crippen LogP) is 2.90. The first-order chi connectivity index (χ1) is 10.5. The molecule has 0 atom stereocenters. The highest BCUT2D eigenvalue weighted by Gasteiger charge is 2.26. The van der Waals surface area contributed by atoms with E-state index in [-0.39, 0.29) is 25.1 Å². The van der Waals surface area contributed by atoms with Crippen LogP contribution in [0.4, 0.5) is 0 Å². The van der Waals surface area contributed by atoms with E-state index in [2.05, 4.69) is 0 Å². The number of phenolic OH excluding ortho intramolecular Hbond substituents is 1. The van der Waals surface area contributed by atoms with Gasteiger partial charge in [-0.15, -0.1) is 0 Å². The van der Waals surface area contributed by atoms with Gasteiger partial charge in [0.15, 0.2) is 0 Å². The Morgan fingerprint density at radius 1 is 1.09 bits per heavy atom. The summed E-state index contributed by atoms with van der Waals surface area (Å²) in [6, 6.07) is 7.01. The molecule has 124 valence electrons. The Morgan fingerprint density at radius 3 is 2.36 bits per heavy atom. The van der Waals surface area contributed by atoms with Gasteiger partial charge in [0.05, 0.1) is 18.6 Å². The molecular formula is C17H26O5. The molecule has 0 aliphatic rings. The molecule has 0 heterocycles. The first-order valence-electron chi connectivity index (χ1n) is 7.56. The first kappa shape index (κ1) is 18.5. The van der Waals surface area contributed by atoms with E-state index in [4.69, 9.17) is 19.3 Å². The smallest absolute Gasteiger partial charge is 0.311 e. The Hall–Kier alpha value is -1.59. The summed E-state index contributed by atoms with van der Waals surface area (Å²) in [4.78, 5) is 11.7. The predicted molar refractivity (Wildman–Crippen MR) is 83.6 cm³/mol. The molecule has 1 aromatic rings. The van der Waals surface area contributed by atoms with Gasteiger partial charge in [0.2, 0.25) is 0 Å². The van der Waals surface area contributed by atoms with E-state index < -0.39 is 5.41 Å². The van der Waals surface area contributed by atoms with Crippen molar-refractivity contribution in [1.82, 2.24) is 0 Å². The Balaban J connectivity index is 2.00. The van der Waals surface area contributed by atoms with Crippen molar-refractivity contribution in [3.05, 3.63) is 29.8 Å². The quantitative estimate of drug-likeness (QED) is 0.409. The number of rotatable bonds is 10. The maximum Gasteiger partial charge on any atom is 0.311 e. The number of hydrogen-bond acceptors (Lipinski definition) is 5. The summed E-state index contributed by atoms with van der Waals surface area (Å²) in [7, 11) is 0. The lowest BCUT2D eigenvalue weighted by Crippen LogP contribution is -2.27. The highest BCUT2D eigenvalue weighted by Crippen LogP contribution is 2.21. The van der Waals surface area contributed by atoms with E-state index in [0.717, 1.165) is 18.4 Å². The maximum atomic E-state index is 11.7. The van der Waals surface area contributed by atoms with Crippen molar-refractivity contribution in [2.45, 2.75) is 33.6 Å².